The molecule has 1 aromatic rings. The zero-order chi connectivity index (χ0) is 10.6. The number of alkyl halides is 2. The van der Waals surface area contributed by atoms with Gasteiger partial charge in [0.05, 0.1) is 6.42 Å². The van der Waals surface area contributed by atoms with Crippen molar-refractivity contribution in [3.05, 3.63) is 29.8 Å². The van der Waals surface area contributed by atoms with Crippen LogP contribution in [0.5, 0.6) is 0 Å². The van der Waals surface area contributed by atoms with Gasteiger partial charge in [0.25, 0.3) is 5.76 Å². The molecule has 2 nitrogen and oxygen atoms in total. The molecule has 0 saturated heterocycles. The zero-order valence-corrected chi connectivity index (χ0v) is 7.93. The number of halogens is 2. The van der Waals surface area contributed by atoms with E-state index in [4.69, 9.17) is 5.11 Å². The van der Waals surface area contributed by atoms with Crippen LogP contribution in [-0.4, -0.2) is 16.8 Å². The molecule has 0 aliphatic heterocycles. The van der Waals surface area contributed by atoms with Crippen molar-refractivity contribution in [2.45, 2.75) is 17.1 Å². The third-order valence-corrected chi connectivity index (χ3v) is 2.36. The van der Waals surface area contributed by atoms with Crippen LogP contribution in [0.25, 0.3) is 0 Å². The Labute approximate surface area is 83.9 Å². The van der Waals surface area contributed by atoms with Crippen LogP contribution < -0.4 is 0 Å². The Hall–Kier alpha value is -1.10. The second-order valence-electron chi connectivity index (χ2n) is 2.56. The van der Waals surface area contributed by atoms with Gasteiger partial charge in [-0.25, -0.2) is 0 Å². The average molecular weight is 218 g/mol. The number of carboxylic acids is 1. The second kappa shape index (κ2) is 4.95. The van der Waals surface area contributed by atoms with E-state index < -0.39 is 11.7 Å². The maximum absolute atomic E-state index is 12.1. The van der Waals surface area contributed by atoms with E-state index in [-0.39, 0.29) is 6.42 Å². The van der Waals surface area contributed by atoms with Gasteiger partial charge in [-0.3, -0.25) is 4.79 Å². The van der Waals surface area contributed by atoms with Gasteiger partial charge in [-0.2, -0.15) is 8.78 Å². The molecule has 0 bridgehead atoms. The van der Waals surface area contributed by atoms with Crippen molar-refractivity contribution in [2.75, 3.05) is 0 Å². The Morgan fingerprint density at radius 3 is 2.64 bits per heavy atom. The van der Waals surface area contributed by atoms with Crippen LogP contribution in [0.1, 0.15) is 5.56 Å². The summed E-state index contributed by atoms with van der Waals surface area (Å²) in [5, 5.41) is 8.53. The molecule has 14 heavy (non-hydrogen) atoms. The van der Waals surface area contributed by atoms with Crippen LogP contribution >= 0.6 is 11.8 Å². The monoisotopic (exact) mass is 218 g/mol. The van der Waals surface area contributed by atoms with E-state index in [1.807, 2.05) is 0 Å². The molecular formula is C9H8F2O2S. The highest BCUT2D eigenvalue weighted by atomic mass is 32.2. The minimum absolute atomic E-state index is 0.226. The molecule has 0 unspecified atom stereocenters. The van der Waals surface area contributed by atoms with Crippen LogP contribution in [0.4, 0.5) is 8.78 Å². The maximum atomic E-state index is 12.1. The number of hydrogen-bond acceptors (Lipinski definition) is 2. The van der Waals surface area contributed by atoms with Gasteiger partial charge in [0, 0.05) is 4.90 Å². The topological polar surface area (TPSA) is 37.3 Å². The fourth-order valence-corrected chi connectivity index (χ4v) is 1.66. The lowest BCUT2D eigenvalue weighted by Gasteiger charge is -2.05. The molecule has 0 amide bonds. The van der Waals surface area contributed by atoms with Gasteiger partial charge in [-0.05, 0) is 11.6 Å². The Morgan fingerprint density at radius 1 is 1.43 bits per heavy atom. The minimum Gasteiger partial charge on any atom is -0.481 e. The summed E-state index contributed by atoms with van der Waals surface area (Å²) >= 11 is 0.370. The number of hydrogen-bond donors (Lipinski definition) is 1. The normalized spacial score (nSPS) is 10.5. The molecule has 0 aromatic heterocycles. The molecule has 1 aromatic carbocycles. The highest BCUT2D eigenvalue weighted by molar-refractivity contribution is 7.99. The predicted molar refractivity (Wildman–Crippen MR) is 49.6 cm³/mol. The summed E-state index contributed by atoms with van der Waals surface area (Å²) in [4.78, 5) is 10.7. The maximum Gasteiger partial charge on any atom is 0.307 e. The zero-order valence-electron chi connectivity index (χ0n) is 7.11. The molecule has 1 N–H and O–H groups in total. The molecule has 0 aliphatic rings. The first-order valence-electron chi connectivity index (χ1n) is 3.84. The van der Waals surface area contributed by atoms with Crippen molar-refractivity contribution < 1.29 is 18.7 Å². The van der Waals surface area contributed by atoms with Crippen molar-refractivity contribution in [3.8, 4) is 0 Å². The number of rotatable bonds is 4. The van der Waals surface area contributed by atoms with E-state index in [2.05, 4.69) is 0 Å². The van der Waals surface area contributed by atoms with Crippen LogP contribution in [0, 0.1) is 0 Å². The first-order valence-corrected chi connectivity index (χ1v) is 4.72. The molecule has 0 spiro atoms. The lowest BCUT2D eigenvalue weighted by Crippen LogP contribution is -2.01. The summed E-state index contributed by atoms with van der Waals surface area (Å²) in [6.07, 6.45) is -0.226. The van der Waals surface area contributed by atoms with E-state index in [0.29, 0.717) is 22.2 Å². The lowest BCUT2D eigenvalue weighted by molar-refractivity contribution is -0.136. The molecule has 5 heteroatoms. The molecular weight excluding hydrogens is 210 g/mol. The largest absolute Gasteiger partial charge is 0.481 e. The van der Waals surface area contributed by atoms with E-state index in [9.17, 15) is 13.6 Å². The molecule has 76 valence electrons. The Morgan fingerprint density at radius 2 is 2.07 bits per heavy atom. The first kappa shape index (κ1) is 11.0. The lowest BCUT2D eigenvalue weighted by atomic mass is 10.1. The van der Waals surface area contributed by atoms with Gasteiger partial charge >= 0.3 is 5.97 Å². The fourth-order valence-electron chi connectivity index (χ4n) is 1.02. The van der Waals surface area contributed by atoms with Crippen LogP contribution in [0.15, 0.2) is 29.2 Å². The summed E-state index contributed by atoms with van der Waals surface area (Å²) in [5.74, 6) is -3.54. The highest BCUT2D eigenvalue weighted by Gasteiger charge is 2.11. The van der Waals surface area contributed by atoms with Gasteiger partial charge in [0.15, 0.2) is 0 Å². The molecule has 0 saturated carbocycles. The van der Waals surface area contributed by atoms with E-state index >= 15 is 0 Å². The summed E-state index contributed by atoms with van der Waals surface area (Å²) < 4.78 is 24.1. The van der Waals surface area contributed by atoms with Crippen LogP contribution in [-0.2, 0) is 11.2 Å². The fraction of sp³-hybridized carbons (Fsp3) is 0.222. The summed E-state index contributed by atoms with van der Waals surface area (Å²) in [6, 6.07) is 6.28. The van der Waals surface area contributed by atoms with Gasteiger partial charge in [0.1, 0.15) is 0 Å². The number of thioether (sulfide) groups is 1. The average Bonchev–Trinajstić information content (AvgIpc) is 2.06. The quantitative estimate of drug-likeness (QED) is 0.789. The van der Waals surface area contributed by atoms with E-state index in [0.717, 1.165) is 0 Å². The van der Waals surface area contributed by atoms with Crippen LogP contribution in [0.3, 0.4) is 0 Å². The molecule has 1 rings (SSSR count). The number of aliphatic carboxylic acids is 1. The standard InChI is InChI=1S/C9H8F2O2S/c10-9(11)14-7-4-2-1-3-6(7)5-8(12)13/h1-4,9H,5H2,(H,12,13). The van der Waals surface area contributed by atoms with Crippen LogP contribution in [0.2, 0.25) is 0 Å². The van der Waals surface area contributed by atoms with Crippen molar-refractivity contribution >= 4 is 17.7 Å². The third-order valence-electron chi connectivity index (χ3n) is 1.53. The van der Waals surface area contributed by atoms with Crippen molar-refractivity contribution in [3.63, 3.8) is 0 Å². The Bertz CT molecular complexity index is 328. The third kappa shape index (κ3) is 3.33. The molecule has 0 aliphatic carbocycles. The number of carbonyl (C=O) groups is 1. The number of benzene rings is 1. The van der Waals surface area contributed by atoms with Gasteiger partial charge in [-0.1, -0.05) is 30.0 Å². The second-order valence-corrected chi connectivity index (χ2v) is 3.59. The molecule has 0 heterocycles. The van der Waals surface area contributed by atoms with Gasteiger partial charge in [0.2, 0.25) is 0 Å². The number of carboxylic acid groups (broad SMARTS) is 1. The van der Waals surface area contributed by atoms with Crippen molar-refractivity contribution in [1.29, 1.82) is 0 Å². The Kier molecular flexibility index (Phi) is 3.88. The first-order chi connectivity index (χ1) is 6.59. The van der Waals surface area contributed by atoms with Crippen molar-refractivity contribution in [1.82, 2.24) is 0 Å². The molecule has 0 atom stereocenters. The minimum atomic E-state index is -2.52. The van der Waals surface area contributed by atoms with Crippen molar-refractivity contribution in [2.24, 2.45) is 0 Å². The summed E-state index contributed by atoms with van der Waals surface area (Å²) in [7, 11) is 0. The molecule has 0 fully saturated rings. The van der Waals surface area contributed by atoms with Gasteiger partial charge < -0.3 is 5.11 Å². The Balaban J connectivity index is 2.85. The SMILES string of the molecule is O=C(O)Cc1ccccc1SC(F)F. The van der Waals surface area contributed by atoms with E-state index in [1.165, 1.54) is 6.07 Å². The predicted octanol–water partition coefficient (Wildman–Crippen LogP) is 2.63. The summed E-state index contributed by atoms with van der Waals surface area (Å²) in [5.41, 5.74) is 0.422. The molecule has 0 radical (unpaired) electrons. The smallest absolute Gasteiger partial charge is 0.307 e. The highest BCUT2D eigenvalue weighted by Crippen LogP contribution is 2.28. The summed E-state index contributed by atoms with van der Waals surface area (Å²) in [6.45, 7) is 0. The van der Waals surface area contributed by atoms with E-state index in [1.54, 1.807) is 18.2 Å². The van der Waals surface area contributed by atoms with Gasteiger partial charge in [-0.15, -0.1) is 0 Å².